The monoisotopic (exact) mass is 421 g/mol. The van der Waals surface area contributed by atoms with Crippen LogP contribution in [0, 0.1) is 22.9 Å². The van der Waals surface area contributed by atoms with Crippen LogP contribution in [-0.2, 0) is 4.79 Å². The van der Waals surface area contributed by atoms with Crippen molar-refractivity contribution in [1.82, 2.24) is 15.0 Å². The standard InChI is InChI=1S/C21H16FN5O4/c1-13-10-19-20(25-26(24-19)15-4-2-14(22)3-5-15)11-18(13)23-21(28)12-31-17-8-6-16(7-9-17)27(29)30/h2-11H,12H2,1H3,(H,23,28). The fourth-order valence-corrected chi connectivity index (χ4v) is 2.89. The average Bonchev–Trinajstić information content (AvgIpc) is 3.16. The number of carbonyl (C=O) groups excluding carboxylic acids is 1. The normalized spacial score (nSPS) is 10.8. The van der Waals surface area contributed by atoms with E-state index in [0.717, 1.165) is 5.56 Å². The number of carbonyl (C=O) groups is 1. The van der Waals surface area contributed by atoms with E-state index in [1.54, 1.807) is 24.3 Å². The number of hydrogen-bond acceptors (Lipinski definition) is 6. The lowest BCUT2D eigenvalue weighted by molar-refractivity contribution is -0.384. The van der Waals surface area contributed by atoms with Gasteiger partial charge in [0.25, 0.3) is 11.6 Å². The van der Waals surface area contributed by atoms with Gasteiger partial charge in [0.1, 0.15) is 22.6 Å². The second-order valence-corrected chi connectivity index (χ2v) is 6.71. The molecule has 0 atom stereocenters. The molecule has 0 bridgehead atoms. The van der Waals surface area contributed by atoms with Gasteiger partial charge in [0, 0.05) is 17.8 Å². The molecule has 1 heterocycles. The van der Waals surface area contributed by atoms with Gasteiger partial charge in [-0.1, -0.05) is 0 Å². The molecule has 1 amide bonds. The highest BCUT2D eigenvalue weighted by molar-refractivity contribution is 5.95. The highest BCUT2D eigenvalue weighted by atomic mass is 19.1. The SMILES string of the molecule is Cc1cc2nn(-c3ccc(F)cc3)nc2cc1NC(=O)COc1ccc([N+](=O)[O-])cc1. The molecule has 0 saturated heterocycles. The predicted octanol–water partition coefficient (Wildman–Crippen LogP) is 3.79. The number of nitrogens with one attached hydrogen (secondary N) is 1. The van der Waals surface area contributed by atoms with Crippen LogP contribution in [0.2, 0.25) is 0 Å². The molecule has 4 aromatic rings. The average molecular weight is 421 g/mol. The molecule has 1 N–H and O–H groups in total. The first-order valence-electron chi connectivity index (χ1n) is 9.20. The molecule has 0 aliphatic heterocycles. The van der Waals surface area contributed by atoms with Gasteiger partial charge in [-0.25, -0.2) is 4.39 Å². The van der Waals surface area contributed by atoms with Crippen LogP contribution in [0.3, 0.4) is 0 Å². The quantitative estimate of drug-likeness (QED) is 0.374. The van der Waals surface area contributed by atoms with Crippen LogP contribution in [0.25, 0.3) is 16.7 Å². The Bertz CT molecular complexity index is 1270. The van der Waals surface area contributed by atoms with Crippen molar-refractivity contribution in [1.29, 1.82) is 0 Å². The Morgan fingerprint density at radius 3 is 2.39 bits per heavy atom. The number of anilines is 1. The van der Waals surface area contributed by atoms with E-state index in [0.29, 0.717) is 28.2 Å². The fraction of sp³-hybridized carbons (Fsp3) is 0.0952. The summed E-state index contributed by atoms with van der Waals surface area (Å²) in [5.74, 6) is -0.404. The van der Waals surface area contributed by atoms with Gasteiger partial charge < -0.3 is 10.1 Å². The third-order valence-electron chi connectivity index (χ3n) is 4.48. The summed E-state index contributed by atoms with van der Waals surface area (Å²) in [6, 6.07) is 14.7. The van der Waals surface area contributed by atoms with Crippen LogP contribution in [0.5, 0.6) is 5.75 Å². The summed E-state index contributed by atoms with van der Waals surface area (Å²) in [5.41, 5.74) is 3.06. The Labute approximate surface area is 175 Å². The highest BCUT2D eigenvalue weighted by Gasteiger charge is 2.12. The first-order valence-corrected chi connectivity index (χ1v) is 9.20. The second-order valence-electron chi connectivity index (χ2n) is 6.71. The van der Waals surface area contributed by atoms with Gasteiger partial charge in [0.05, 0.1) is 10.6 Å². The van der Waals surface area contributed by atoms with E-state index in [2.05, 4.69) is 15.5 Å². The van der Waals surface area contributed by atoms with Crippen molar-refractivity contribution in [3.05, 3.63) is 82.2 Å². The second kappa shape index (κ2) is 8.19. The Morgan fingerprint density at radius 1 is 1.10 bits per heavy atom. The molecule has 31 heavy (non-hydrogen) atoms. The molecule has 0 unspecified atom stereocenters. The predicted molar refractivity (Wildman–Crippen MR) is 111 cm³/mol. The molecule has 0 radical (unpaired) electrons. The number of nitro benzene ring substituents is 1. The van der Waals surface area contributed by atoms with E-state index in [1.165, 1.54) is 41.2 Å². The molecule has 0 aliphatic carbocycles. The molecule has 9 nitrogen and oxygen atoms in total. The van der Waals surface area contributed by atoms with Gasteiger partial charge >= 0.3 is 0 Å². The summed E-state index contributed by atoms with van der Waals surface area (Å²) in [5, 5.41) is 22.2. The number of hydrogen-bond donors (Lipinski definition) is 1. The lowest BCUT2D eigenvalue weighted by atomic mass is 10.1. The summed E-state index contributed by atoms with van der Waals surface area (Å²) >= 11 is 0. The molecule has 10 heteroatoms. The molecule has 1 aromatic heterocycles. The van der Waals surface area contributed by atoms with E-state index in [-0.39, 0.29) is 18.1 Å². The number of nitrogens with zero attached hydrogens (tertiary/aromatic N) is 4. The lowest BCUT2D eigenvalue weighted by Gasteiger charge is -2.09. The Balaban J connectivity index is 1.46. The van der Waals surface area contributed by atoms with Crippen molar-refractivity contribution in [2.24, 2.45) is 0 Å². The molecule has 0 spiro atoms. The van der Waals surface area contributed by atoms with E-state index in [1.807, 2.05) is 6.92 Å². The Kier molecular flexibility index (Phi) is 5.27. The molecule has 156 valence electrons. The van der Waals surface area contributed by atoms with Gasteiger partial charge in [-0.05, 0) is 61.0 Å². The summed E-state index contributed by atoms with van der Waals surface area (Å²) in [6.45, 7) is 1.56. The number of benzene rings is 3. The van der Waals surface area contributed by atoms with E-state index in [4.69, 9.17) is 4.74 Å². The van der Waals surface area contributed by atoms with Crippen molar-refractivity contribution in [3.63, 3.8) is 0 Å². The Morgan fingerprint density at radius 2 is 1.74 bits per heavy atom. The van der Waals surface area contributed by atoms with Gasteiger partial charge in [-0.2, -0.15) is 4.80 Å². The molecular weight excluding hydrogens is 405 g/mol. The largest absolute Gasteiger partial charge is 0.484 e. The number of aromatic nitrogens is 3. The van der Waals surface area contributed by atoms with Crippen LogP contribution in [-0.4, -0.2) is 32.4 Å². The van der Waals surface area contributed by atoms with Gasteiger partial charge in [-0.15, -0.1) is 10.2 Å². The highest BCUT2D eigenvalue weighted by Crippen LogP contribution is 2.23. The number of ether oxygens (including phenoxy) is 1. The van der Waals surface area contributed by atoms with Crippen LogP contribution in [0.4, 0.5) is 15.8 Å². The molecule has 4 rings (SSSR count). The zero-order valence-corrected chi connectivity index (χ0v) is 16.3. The van der Waals surface area contributed by atoms with E-state index >= 15 is 0 Å². The number of fused-ring (bicyclic) bond motifs is 1. The van der Waals surface area contributed by atoms with Gasteiger partial charge in [-0.3, -0.25) is 14.9 Å². The van der Waals surface area contributed by atoms with Gasteiger partial charge in [0.2, 0.25) is 0 Å². The first-order chi connectivity index (χ1) is 14.9. The zero-order valence-electron chi connectivity index (χ0n) is 16.3. The maximum Gasteiger partial charge on any atom is 0.269 e. The summed E-state index contributed by atoms with van der Waals surface area (Å²) < 4.78 is 18.5. The maximum atomic E-state index is 13.1. The number of non-ortho nitro benzene ring substituents is 1. The molecule has 0 aliphatic rings. The Hall–Kier alpha value is -4.34. The van der Waals surface area contributed by atoms with Crippen LogP contribution in [0.15, 0.2) is 60.7 Å². The molecule has 0 saturated carbocycles. The first kappa shape index (κ1) is 20.0. The smallest absolute Gasteiger partial charge is 0.269 e. The summed E-state index contributed by atoms with van der Waals surface area (Å²) in [7, 11) is 0. The zero-order chi connectivity index (χ0) is 22.0. The number of aryl methyl sites for hydroxylation is 1. The number of nitro groups is 1. The van der Waals surface area contributed by atoms with E-state index in [9.17, 15) is 19.3 Å². The number of amides is 1. The number of rotatable bonds is 6. The van der Waals surface area contributed by atoms with Crippen molar-refractivity contribution in [2.75, 3.05) is 11.9 Å². The molecule has 3 aromatic carbocycles. The topological polar surface area (TPSA) is 112 Å². The van der Waals surface area contributed by atoms with E-state index < -0.39 is 10.8 Å². The van der Waals surface area contributed by atoms with Gasteiger partial charge in [0.15, 0.2) is 6.61 Å². The molecular formula is C21H16FN5O4. The molecule has 0 fully saturated rings. The third kappa shape index (κ3) is 4.47. The minimum atomic E-state index is -0.512. The number of halogens is 1. The van der Waals surface area contributed by atoms with Crippen molar-refractivity contribution < 1.29 is 18.8 Å². The minimum Gasteiger partial charge on any atom is -0.484 e. The van der Waals surface area contributed by atoms with Crippen LogP contribution in [0.1, 0.15) is 5.56 Å². The van der Waals surface area contributed by atoms with Crippen molar-refractivity contribution in [2.45, 2.75) is 6.92 Å². The van der Waals surface area contributed by atoms with Crippen LogP contribution < -0.4 is 10.1 Å². The van der Waals surface area contributed by atoms with Crippen LogP contribution >= 0.6 is 0 Å². The summed E-state index contributed by atoms with van der Waals surface area (Å²) in [4.78, 5) is 23.8. The minimum absolute atomic E-state index is 0.0607. The summed E-state index contributed by atoms with van der Waals surface area (Å²) in [6.07, 6.45) is 0. The maximum absolute atomic E-state index is 13.1. The van der Waals surface area contributed by atoms with Crippen molar-refractivity contribution in [3.8, 4) is 11.4 Å². The lowest BCUT2D eigenvalue weighted by Crippen LogP contribution is -2.20. The fourth-order valence-electron chi connectivity index (χ4n) is 2.89. The third-order valence-corrected chi connectivity index (χ3v) is 4.48. The van der Waals surface area contributed by atoms with Crippen molar-refractivity contribution >= 4 is 28.3 Å².